The molecule has 0 unspecified atom stereocenters. The number of carbonyl (C=O) groups is 4. The molecule has 0 spiro atoms. The number of amides is 2. The fourth-order valence-corrected chi connectivity index (χ4v) is 4.71. The van der Waals surface area contributed by atoms with Gasteiger partial charge in [-0.3, -0.25) is 19.2 Å². The fourth-order valence-electron chi connectivity index (χ4n) is 3.94. The highest BCUT2D eigenvalue weighted by Gasteiger charge is 2.50. The molecule has 1 aliphatic rings. The van der Waals surface area contributed by atoms with Crippen LogP contribution in [0.4, 0.5) is 17.6 Å². The second-order valence-electron chi connectivity index (χ2n) is 9.63. The maximum absolute atomic E-state index is 13.3. The van der Waals surface area contributed by atoms with Crippen molar-refractivity contribution in [1.82, 2.24) is 10.6 Å². The maximum Gasteiger partial charge on any atom is 0.345 e. The number of nitrogens with one attached hydrogen (secondary N) is 2. The van der Waals surface area contributed by atoms with Gasteiger partial charge >= 0.3 is 13.2 Å². The van der Waals surface area contributed by atoms with Crippen LogP contribution in [0.2, 0.25) is 0 Å². The summed E-state index contributed by atoms with van der Waals surface area (Å²) < 4.78 is 65.1. The molecule has 4 atom stereocenters. The Morgan fingerprint density at radius 2 is 1.59 bits per heavy atom. The third-order valence-corrected chi connectivity index (χ3v) is 7.30. The molecule has 2 heterocycles. The number of rotatable bonds is 17. The van der Waals surface area contributed by atoms with Gasteiger partial charge in [0.05, 0.1) is 36.7 Å². The standard InChI is InChI=1S/C27H30F4N2O7S/c1-15-8-9-21(41-15)24(37)33-19(13-39-26(30)31)20(34)11-17(12-38-25(28)29)23(36)32-18(22(35)27(2)14-40-27)10-16-6-4-3-5-7-16/h3-9,17-19,25-26H,10-14H2,1-2H3,(H,32,36)(H,33,37)/t17-,18-,19-,27+/m0/s1. The van der Waals surface area contributed by atoms with E-state index in [-0.39, 0.29) is 17.9 Å². The van der Waals surface area contributed by atoms with E-state index >= 15 is 0 Å². The number of ketones is 2. The lowest BCUT2D eigenvalue weighted by molar-refractivity contribution is -0.155. The molecule has 0 saturated carbocycles. The van der Waals surface area contributed by atoms with E-state index < -0.39 is 79.8 Å². The van der Waals surface area contributed by atoms with Crippen molar-refractivity contribution in [2.45, 2.75) is 57.6 Å². The van der Waals surface area contributed by atoms with E-state index in [2.05, 4.69) is 20.1 Å². The molecule has 14 heteroatoms. The summed E-state index contributed by atoms with van der Waals surface area (Å²) in [6, 6.07) is 9.07. The Balaban J connectivity index is 1.77. The highest BCUT2D eigenvalue weighted by atomic mass is 32.1. The summed E-state index contributed by atoms with van der Waals surface area (Å²) in [7, 11) is 0. The van der Waals surface area contributed by atoms with Gasteiger partial charge in [-0.25, -0.2) is 0 Å². The van der Waals surface area contributed by atoms with Crippen LogP contribution >= 0.6 is 11.3 Å². The zero-order valence-corrected chi connectivity index (χ0v) is 23.1. The Hall–Kier alpha value is -3.20. The molecule has 3 rings (SSSR count). The molecule has 224 valence electrons. The first kappa shape index (κ1) is 32.3. The van der Waals surface area contributed by atoms with Crippen LogP contribution in [0.15, 0.2) is 42.5 Å². The van der Waals surface area contributed by atoms with Gasteiger partial charge in [-0.15, -0.1) is 11.3 Å². The predicted octanol–water partition coefficient (Wildman–Crippen LogP) is 3.29. The molecule has 1 aromatic carbocycles. The van der Waals surface area contributed by atoms with Gasteiger partial charge in [0.15, 0.2) is 11.6 Å². The van der Waals surface area contributed by atoms with Crippen molar-refractivity contribution in [2.24, 2.45) is 5.92 Å². The van der Waals surface area contributed by atoms with Crippen molar-refractivity contribution in [3.8, 4) is 0 Å². The second-order valence-corrected chi connectivity index (χ2v) is 10.9. The number of alkyl halides is 4. The van der Waals surface area contributed by atoms with Crippen molar-refractivity contribution in [3.05, 3.63) is 57.8 Å². The van der Waals surface area contributed by atoms with E-state index in [0.29, 0.717) is 5.56 Å². The number of aryl methyl sites for hydroxylation is 1. The summed E-state index contributed by atoms with van der Waals surface area (Å²) in [4.78, 5) is 53.1. The lowest BCUT2D eigenvalue weighted by Crippen LogP contribution is -2.51. The van der Waals surface area contributed by atoms with E-state index in [1.807, 2.05) is 0 Å². The first-order valence-corrected chi connectivity index (χ1v) is 13.4. The minimum absolute atomic E-state index is 0.0574. The monoisotopic (exact) mass is 602 g/mol. The molecule has 0 radical (unpaired) electrons. The number of epoxide rings is 1. The average molecular weight is 603 g/mol. The Morgan fingerprint density at radius 3 is 2.15 bits per heavy atom. The van der Waals surface area contributed by atoms with Gasteiger partial charge in [-0.1, -0.05) is 30.3 Å². The molecule has 9 nitrogen and oxygen atoms in total. The zero-order chi connectivity index (χ0) is 30.2. The van der Waals surface area contributed by atoms with Crippen molar-refractivity contribution in [1.29, 1.82) is 0 Å². The third-order valence-electron chi connectivity index (χ3n) is 6.30. The molecular formula is C27H30F4N2O7S. The summed E-state index contributed by atoms with van der Waals surface area (Å²) in [6.07, 6.45) is -0.721. The van der Waals surface area contributed by atoms with Gasteiger partial charge < -0.3 is 24.8 Å². The van der Waals surface area contributed by atoms with Gasteiger partial charge in [0.1, 0.15) is 11.6 Å². The number of Topliss-reactive ketones (excluding diaryl/α,β-unsaturated/α-hetero) is 2. The van der Waals surface area contributed by atoms with Crippen LogP contribution in [0.1, 0.15) is 33.5 Å². The maximum atomic E-state index is 13.3. The molecule has 2 amide bonds. The summed E-state index contributed by atoms with van der Waals surface area (Å²) in [6.45, 7) is -4.97. The van der Waals surface area contributed by atoms with E-state index in [0.717, 1.165) is 16.2 Å². The second kappa shape index (κ2) is 14.6. The highest BCUT2D eigenvalue weighted by molar-refractivity contribution is 7.13. The van der Waals surface area contributed by atoms with E-state index in [4.69, 9.17) is 4.74 Å². The van der Waals surface area contributed by atoms with Crippen LogP contribution in [0.25, 0.3) is 0 Å². The van der Waals surface area contributed by atoms with Crippen LogP contribution < -0.4 is 10.6 Å². The van der Waals surface area contributed by atoms with Crippen LogP contribution in [0.3, 0.4) is 0 Å². The number of carbonyl (C=O) groups excluding carboxylic acids is 4. The molecule has 0 aliphatic carbocycles. The number of hydrogen-bond donors (Lipinski definition) is 2. The van der Waals surface area contributed by atoms with Crippen molar-refractivity contribution in [3.63, 3.8) is 0 Å². The molecule has 1 aromatic heterocycles. The Morgan fingerprint density at radius 1 is 0.951 bits per heavy atom. The minimum Gasteiger partial charge on any atom is -0.361 e. The lowest BCUT2D eigenvalue weighted by atomic mass is 9.93. The number of benzene rings is 1. The van der Waals surface area contributed by atoms with Gasteiger partial charge in [0, 0.05) is 11.3 Å². The molecule has 1 saturated heterocycles. The molecule has 2 aromatic rings. The quantitative estimate of drug-likeness (QED) is 0.210. The zero-order valence-electron chi connectivity index (χ0n) is 22.2. The summed E-state index contributed by atoms with van der Waals surface area (Å²) >= 11 is 1.10. The number of halogens is 4. The molecule has 0 bridgehead atoms. The fraction of sp³-hybridized carbons (Fsp3) is 0.481. The Bertz CT molecular complexity index is 1210. The van der Waals surface area contributed by atoms with E-state index in [1.165, 1.54) is 6.07 Å². The highest BCUT2D eigenvalue weighted by Crippen LogP contribution is 2.29. The first-order chi connectivity index (χ1) is 19.4. The minimum atomic E-state index is -3.28. The van der Waals surface area contributed by atoms with Crippen LogP contribution in [0.5, 0.6) is 0 Å². The third kappa shape index (κ3) is 9.99. The normalized spacial score (nSPS) is 18.5. The van der Waals surface area contributed by atoms with Gasteiger partial charge in [0.2, 0.25) is 5.91 Å². The summed E-state index contributed by atoms with van der Waals surface area (Å²) in [5, 5.41) is 4.82. The number of ether oxygens (including phenoxy) is 3. The molecule has 2 N–H and O–H groups in total. The van der Waals surface area contributed by atoms with Gasteiger partial charge in [-0.05, 0) is 38.0 Å². The topological polar surface area (TPSA) is 123 Å². The van der Waals surface area contributed by atoms with Crippen LogP contribution in [0, 0.1) is 12.8 Å². The largest absolute Gasteiger partial charge is 0.361 e. The SMILES string of the molecule is Cc1ccc(C(=O)N[C@@H](COC(F)F)C(=O)C[C@@H](COC(F)F)C(=O)N[C@@H](Cc2ccccc2)C(=O)[C@@]2(C)CO2)s1. The van der Waals surface area contributed by atoms with Crippen molar-refractivity contribution < 1.29 is 51.0 Å². The van der Waals surface area contributed by atoms with E-state index in [9.17, 15) is 36.7 Å². The van der Waals surface area contributed by atoms with Crippen molar-refractivity contribution in [2.75, 3.05) is 19.8 Å². The van der Waals surface area contributed by atoms with Crippen LogP contribution in [-0.4, -0.2) is 74.1 Å². The molecular weight excluding hydrogens is 572 g/mol. The summed E-state index contributed by atoms with van der Waals surface area (Å²) in [5.74, 6) is -4.63. The molecule has 1 aliphatic heterocycles. The predicted molar refractivity (Wildman–Crippen MR) is 139 cm³/mol. The van der Waals surface area contributed by atoms with Gasteiger partial charge in [0.25, 0.3) is 5.91 Å². The summed E-state index contributed by atoms with van der Waals surface area (Å²) in [5.41, 5.74) is -0.429. The first-order valence-electron chi connectivity index (χ1n) is 12.6. The molecule has 1 fully saturated rings. The van der Waals surface area contributed by atoms with Crippen LogP contribution in [-0.2, 0) is 35.0 Å². The van der Waals surface area contributed by atoms with Gasteiger partial charge in [-0.2, -0.15) is 17.6 Å². The Kier molecular flexibility index (Phi) is 11.5. The Labute approximate surface area is 237 Å². The van der Waals surface area contributed by atoms with Crippen molar-refractivity contribution >= 4 is 34.7 Å². The number of thiophene rings is 1. The molecule has 41 heavy (non-hydrogen) atoms. The number of hydrogen-bond acceptors (Lipinski definition) is 8. The smallest absolute Gasteiger partial charge is 0.345 e. The average Bonchev–Trinajstić information content (AvgIpc) is 3.53. The lowest BCUT2D eigenvalue weighted by Gasteiger charge is -2.24. The van der Waals surface area contributed by atoms with E-state index in [1.54, 1.807) is 50.2 Å².